The van der Waals surface area contributed by atoms with Crippen LogP contribution in [-0.2, 0) is 14.4 Å². The van der Waals surface area contributed by atoms with Crippen molar-refractivity contribution in [3.05, 3.63) is 12.7 Å². The summed E-state index contributed by atoms with van der Waals surface area (Å²) in [6.07, 6.45) is 1.18. The number of hydrogen-bond acceptors (Lipinski definition) is 2. The van der Waals surface area contributed by atoms with Crippen molar-refractivity contribution >= 4 is 10.6 Å². The van der Waals surface area contributed by atoms with Gasteiger partial charge in [-0.15, -0.1) is 0 Å². The number of nitrogens with zero attached hydrogens (tertiary/aromatic N) is 1. The summed E-state index contributed by atoms with van der Waals surface area (Å²) in [5.74, 6) is 0. The first kappa shape index (κ1) is 9.36. The van der Waals surface area contributed by atoms with Crippen LogP contribution in [0.5, 0.6) is 0 Å². The Balaban J connectivity index is 0. The van der Waals surface area contributed by atoms with E-state index in [0.29, 0.717) is 0 Å². The van der Waals surface area contributed by atoms with E-state index < -0.39 is 0 Å². The maximum absolute atomic E-state index is 7.51. The van der Waals surface area contributed by atoms with E-state index in [4.69, 9.17) is 5.26 Å². The first-order chi connectivity index (χ1) is 2.91. The molecule has 0 aromatic heterocycles. The normalized spacial score (nSPS) is 3.50. The van der Waals surface area contributed by atoms with Crippen LogP contribution in [0.3, 0.4) is 0 Å². The monoisotopic (exact) mass is 148 g/mol. The van der Waals surface area contributed by atoms with Gasteiger partial charge in [0.2, 0.25) is 0 Å². The van der Waals surface area contributed by atoms with E-state index >= 15 is 0 Å². The number of allylic oxidation sites excluding steroid dienone is 1. The molecule has 37 valence electrons. The molecule has 0 amide bonds. The van der Waals surface area contributed by atoms with Gasteiger partial charge < -0.3 is 0 Å². The van der Waals surface area contributed by atoms with Crippen molar-refractivity contribution in [1.82, 2.24) is 0 Å². The molecular formula is C3H3CuNS. The second kappa shape index (κ2) is 20.2. The van der Waals surface area contributed by atoms with Gasteiger partial charge in [-0.1, -0.05) is 6.58 Å². The Morgan fingerprint density at radius 1 is 1.83 bits per heavy atom. The van der Waals surface area contributed by atoms with Crippen LogP contribution in [0.15, 0.2) is 12.7 Å². The summed E-state index contributed by atoms with van der Waals surface area (Å²) in [7, 11) is 3.65. The van der Waals surface area contributed by atoms with Crippen LogP contribution in [0.1, 0.15) is 0 Å². The van der Waals surface area contributed by atoms with E-state index in [1.807, 2.05) is 0 Å². The number of rotatable bonds is 0. The van der Waals surface area contributed by atoms with Crippen molar-refractivity contribution in [3.8, 4) is 6.07 Å². The Labute approximate surface area is 49.3 Å². The van der Waals surface area contributed by atoms with Crippen molar-refractivity contribution in [3.63, 3.8) is 0 Å². The van der Waals surface area contributed by atoms with Crippen LogP contribution in [0.4, 0.5) is 0 Å². The van der Waals surface area contributed by atoms with E-state index in [9.17, 15) is 0 Å². The molecule has 0 aliphatic heterocycles. The van der Waals surface area contributed by atoms with Crippen molar-refractivity contribution in [2.75, 3.05) is 0 Å². The molecule has 0 aromatic carbocycles. The van der Waals surface area contributed by atoms with E-state index in [-0.39, 0.29) is 0 Å². The zero-order chi connectivity index (χ0) is 5.41. The zero-order valence-electron chi connectivity index (χ0n) is 2.94. The summed E-state index contributed by atoms with van der Waals surface area (Å²) >= 11 is 3.77. The molecule has 0 bridgehead atoms. The topological polar surface area (TPSA) is 23.8 Å². The average Bonchev–Trinajstić information content (AvgIpc) is 1.72. The Morgan fingerprint density at radius 2 is 2.00 bits per heavy atom. The van der Waals surface area contributed by atoms with Gasteiger partial charge in [0.05, 0.1) is 6.07 Å². The Morgan fingerprint density at radius 3 is 2.00 bits per heavy atom. The fourth-order valence-electron chi connectivity index (χ4n) is 0. The third-order valence-corrected chi connectivity index (χ3v) is 0.0913. The molecule has 0 aliphatic carbocycles. The second-order valence-corrected chi connectivity index (χ2v) is 0.333. The van der Waals surface area contributed by atoms with Gasteiger partial charge in [0, 0.05) is 6.08 Å². The molecule has 1 nitrogen and oxygen atoms in total. The predicted octanol–water partition coefficient (Wildman–Crippen LogP) is 1.34. The molecule has 0 fully saturated rings. The van der Waals surface area contributed by atoms with E-state index in [1.165, 1.54) is 6.08 Å². The summed E-state index contributed by atoms with van der Waals surface area (Å²) in [6, 6.07) is 1.69. The van der Waals surface area contributed by atoms with Crippen molar-refractivity contribution in [2.24, 2.45) is 0 Å². The molecule has 0 atom stereocenters. The van der Waals surface area contributed by atoms with Crippen molar-refractivity contribution in [1.29, 1.82) is 5.26 Å². The molecule has 0 unspecified atom stereocenters. The van der Waals surface area contributed by atoms with Gasteiger partial charge in [-0.25, -0.2) is 0 Å². The van der Waals surface area contributed by atoms with Crippen LogP contribution in [0, 0.1) is 11.3 Å². The molecule has 0 saturated carbocycles. The van der Waals surface area contributed by atoms with Crippen LogP contribution < -0.4 is 0 Å². The van der Waals surface area contributed by atoms with Crippen molar-refractivity contribution < 1.29 is 14.4 Å². The predicted molar refractivity (Wildman–Crippen MR) is 23.4 cm³/mol. The third kappa shape index (κ3) is 37.2. The summed E-state index contributed by atoms with van der Waals surface area (Å²) in [5, 5.41) is 7.51. The minimum atomic E-state index is 1.18. The third-order valence-electron chi connectivity index (χ3n) is 0.0913. The molecule has 6 heavy (non-hydrogen) atoms. The first-order valence-electron chi connectivity index (χ1n) is 1.04. The van der Waals surface area contributed by atoms with Gasteiger partial charge in [0.1, 0.15) is 0 Å². The molecule has 0 aliphatic rings. The van der Waals surface area contributed by atoms with Gasteiger partial charge >= 0.3 is 24.9 Å². The summed E-state index contributed by atoms with van der Waals surface area (Å²) in [4.78, 5) is 0. The van der Waals surface area contributed by atoms with E-state index in [1.54, 1.807) is 6.07 Å². The SMILES string of the molecule is C=CC#N.[S]=[Cu]. The standard InChI is InChI=1S/C3H3N.Cu.S/c1-2-3-4;;/h2H,1H2;;. The fourth-order valence-corrected chi connectivity index (χ4v) is 0. The van der Waals surface area contributed by atoms with Gasteiger partial charge in [0.25, 0.3) is 0 Å². The molecule has 0 saturated heterocycles. The molecule has 0 N–H and O–H groups in total. The first-order valence-corrected chi connectivity index (χ1v) is 2.44. The average molecular weight is 149 g/mol. The molecule has 0 rings (SSSR count). The Bertz CT molecular complexity index is 65.7. The molecule has 3 heteroatoms. The minimum absolute atomic E-state index is 1.18. The Hall–Kier alpha value is -0.0305. The number of hydrogen-bond donors (Lipinski definition) is 0. The second-order valence-electron chi connectivity index (χ2n) is 0.333. The van der Waals surface area contributed by atoms with E-state index in [2.05, 4.69) is 31.5 Å². The van der Waals surface area contributed by atoms with Gasteiger partial charge in [-0.05, 0) is 0 Å². The van der Waals surface area contributed by atoms with Crippen LogP contribution in [0.25, 0.3) is 0 Å². The molecule has 0 spiro atoms. The summed E-state index contributed by atoms with van der Waals surface area (Å²) < 4.78 is 0. The van der Waals surface area contributed by atoms with Crippen LogP contribution in [-0.4, -0.2) is 0 Å². The fraction of sp³-hybridized carbons (Fsp3) is 0. The van der Waals surface area contributed by atoms with Crippen molar-refractivity contribution in [2.45, 2.75) is 0 Å². The maximum atomic E-state index is 7.51. The van der Waals surface area contributed by atoms with Crippen LogP contribution in [0.2, 0.25) is 0 Å². The van der Waals surface area contributed by atoms with Gasteiger partial charge in [-0.3, -0.25) is 0 Å². The quantitative estimate of drug-likeness (QED) is 0.383. The van der Waals surface area contributed by atoms with Gasteiger partial charge in [0.15, 0.2) is 0 Å². The number of nitriles is 1. The zero-order valence-corrected chi connectivity index (χ0v) is 4.70. The summed E-state index contributed by atoms with van der Waals surface area (Å²) in [6.45, 7) is 3.12. The molecular weight excluding hydrogens is 146 g/mol. The van der Waals surface area contributed by atoms with Gasteiger partial charge in [-0.2, -0.15) is 5.26 Å². The molecule has 0 heterocycles. The Kier molecular flexibility index (Phi) is 31.5. The summed E-state index contributed by atoms with van der Waals surface area (Å²) in [5.41, 5.74) is 0. The molecule has 0 aromatic rings. The van der Waals surface area contributed by atoms with Crippen LogP contribution >= 0.6 is 10.6 Å². The van der Waals surface area contributed by atoms with E-state index in [0.717, 1.165) is 0 Å². The molecule has 0 radical (unpaired) electrons.